The van der Waals surface area contributed by atoms with Crippen LogP contribution in [-0.2, 0) is 4.74 Å². The number of hydrogen-bond donors (Lipinski definition) is 0. The molecule has 4 nitrogen and oxygen atoms in total. The molecule has 0 aliphatic heterocycles. The number of imidazole rings is 1. The Kier molecular flexibility index (Phi) is 9.53. The van der Waals surface area contributed by atoms with Gasteiger partial charge in [0.1, 0.15) is 0 Å². The molecule has 0 spiro atoms. The van der Waals surface area contributed by atoms with Crippen molar-refractivity contribution in [1.82, 2.24) is 9.55 Å². The topological polar surface area (TPSA) is 44.1 Å². The van der Waals surface area contributed by atoms with Gasteiger partial charge in [0.25, 0.3) is 0 Å². The minimum atomic E-state index is -2.55. The average molecular weight is 457 g/mol. The minimum absolute atomic E-state index is 0.312. The van der Waals surface area contributed by atoms with Crippen LogP contribution in [0.2, 0.25) is 13.3 Å². The molecule has 0 atom stereocenters. The van der Waals surface area contributed by atoms with Gasteiger partial charge in [-0.25, -0.2) is 0 Å². The van der Waals surface area contributed by atoms with E-state index in [1.165, 1.54) is 55.5 Å². The van der Waals surface area contributed by atoms with Crippen LogP contribution in [0.4, 0.5) is 4.79 Å². The summed E-state index contributed by atoms with van der Waals surface area (Å²) in [5.74, 6) is 0. The normalized spacial score (nSPS) is 12.4. The van der Waals surface area contributed by atoms with E-state index in [4.69, 9.17) is 9.72 Å². The molecule has 0 radical (unpaired) electrons. The summed E-state index contributed by atoms with van der Waals surface area (Å²) in [5.41, 5.74) is -0.478. The van der Waals surface area contributed by atoms with Crippen LogP contribution in [-0.4, -0.2) is 39.6 Å². The van der Waals surface area contributed by atoms with Gasteiger partial charge in [-0.1, -0.05) is 0 Å². The van der Waals surface area contributed by atoms with E-state index in [0.29, 0.717) is 0 Å². The molecule has 1 aromatic heterocycles. The molecule has 0 N–H and O–H groups in total. The number of aromatic nitrogens is 2. The van der Waals surface area contributed by atoms with Crippen LogP contribution in [0, 0.1) is 0 Å². The van der Waals surface area contributed by atoms with E-state index in [1.54, 1.807) is 10.9 Å². The molecule has 0 saturated carbocycles. The Morgan fingerprint density at radius 1 is 1.04 bits per heavy atom. The van der Waals surface area contributed by atoms with Crippen molar-refractivity contribution >= 4 is 28.2 Å². The van der Waals surface area contributed by atoms with Crippen LogP contribution in [0.5, 0.6) is 0 Å². The predicted molar refractivity (Wildman–Crippen MR) is 108 cm³/mol. The third-order valence-corrected chi connectivity index (χ3v) is 19.8. The third kappa shape index (κ3) is 7.32. The van der Waals surface area contributed by atoms with E-state index in [2.05, 4.69) is 20.8 Å². The van der Waals surface area contributed by atoms with Gasteiger partial charge >= 0.3 is 159 Å². The summed E-state index contributed by atoms with van der Waals surface area (Å²) in [5, 5.41) is 0. The summed E-state index contributed by atoms with van der Waals surface area (Å²) in [6.45, 7) is 12.5. The quantitative estimate of drug-likeness (QED) is 0.422. The monoisotopic (exact) mass is 458 g/mol. The van der Waals surface area contributed by atoms with Crippen molar-refractivity contribution in [2.24, 2.45) is 0 Å². The van der Waals surface area contributed by atoms with Crippen molar-refractivity contribution in [2.45, 2.75) is 99.0 Å². The number of unbranched alkanes of at least 4 members (excludes halogenated alkanes) is 3. The van der Waals surface area contributed by atoms with E-state index in [9.17, 15) is 4.79 Å². The van der Waals surface area contributed by atoms with Crippen LogP contribution >= 0.6 is 0 Å². The summed E-state index contributed by atoms with van der Waals surface area (Å²) in [7, 11) is 0. The molecular formula is C20H38N2O2Sn. The maximum atomic E-state index is 12.4. The summed E-state index contributed by atoms with van der Waals surface area (Å²) < 4.78 is 12.4. The Bertz CT molecular complexity index is 498. The van der Waals surface area contributed by atoms with Gasteiger partial charge in [-0.3, -0.25) is 0 Å². The molecule has 0 fully saturated rings. The second-order valence-corrected chi connectivity index (χ2v) is 21.3. The first-order valence-corrected chi connectivity index (χ1v) is 17.5. The average Bonchev–Trinajstić information content (AvgIpc) is 3.04. The molecule has 0 aromatic carbocycles. The second kappa shape index (κ2) is 10.6. The number of carbonyl (C=O) groups is 1. The fourth-order valence-electron chi connectivity index (χ4n) is 3.32. The van der Waals surface area contributed by atoms with Gasteiger partial charge in [0.05, 0.1) is 0 Å². The molecule has 0 unspecified atom stereocenters. The molecule has 1 aromatic rings. The maximum absolute atomic E-state index is 12.4. The number of hydrogen-bond acceptors (Lipinski definition) is 3. The number of nitrogens with zero attached hydrogens (tertiary/aromatic N) is 2. The Hall–Kier alpha value is -0.521. The van der Waals surface area contributed by atoms with Gasteiger partial charge in [0.15, 0.2) is 0 Å². The molecule has 0 amide bonds. The van der Waals surface area contributed by atoms with Gasteiger partial charge in [0.2, 0.25) is 0 Å². The molecule has 0 saturated heterocycles. The SMILES string of the molecule is CCC[CH2][Sn]([CH2]CCC)([CH2]CCC)[c]1cn(C(=O)OC(C)(C)C)cn1. The van der Waals surface area contributed by atoms with E-state index in [-0.39, 0.29) is 6.09 Å². The fraction of sp³-hybridized carbons (Fsp3) is 0.800. The first-order chi connectivity index (χ1) is 11.8. The Labute approximate surface area is 158 Å². The van der Waals surface area contributed by atoms with Gasteiger partial charge in [-0.2, -0.15) is 0 Å². The molecule has 0 aliphatic carbocycles. The van der Waals surface area contributed by atoms with Gasteiger partial charge < -0.3 is 0 Å². The first kappa shape index (κ1) is 22.5. The van der Waals surface area contributed by atoms with Crippen molar-refractivity contribution < 1.29 is 9.53 Å². The fourth-order valence-corrected chi connectivity index (χ4v) is 18.6. The number of carbonyl (C=O) groups excluding carboxylic acids is 1. The van der Waals surface area contributed by atoms with Crippen molar-refractivity contribution in [3.63, 3.8) is 0 Å². The first-order valence-electron chi connectivity index (χ1n) is 10.1. The van der Waals surface area contributed by atoms with E-state index in [1.807, 2.05) is 27.0 Å². The molecule has 0 aliphatic rings. The van der Waals surface area contributed by atoms with Crippen molar-refractivity contribution in [3.8, 4) is 0 Å². The van der Waals surface area contributed by atoms with Crippen LogP contribution < -0.4 is 3.71 Å². The number of ether oxygens (including phenoxy) is 1. The molecule has 144 valence electrons. The molecule has 25 heavy (non-hydrogen) atoms. The van der Waals surface area contributed by atoms with Gasteiger partial charge in [-0.05, 0) is 0 Å². The van der Waals surface area contributed by atoms with E-state index in [0.717, 1.165) is 0 Å². The summed E-state index contributed by atoms with van der Waals surface area (Å²) in [6.07, 6.45) is 11.0. The molecule has 1 rings (SSSR count). The second-order valence-electron chi connectivity index (χ2n) is 8.24. The molecule has 1 heterocycles. The van der Waals surface area contributed by atoms with E-state index < -0.39 is 24.0 Å². The zero-order chi connectivity index (χ0) is 18.9. The van der Waals surface area contributed by atoms with Crippen LogP contribution in [0.3, 0.4) is 0 Å². The van der Waals surface area contributed by atoms with Crippen LogP contribution in [0.25, 0.3) is 0 Å². The zero-order valence-corrected chi connectivity index (χ0v) is 20.1. The van der Waals surface area contributed by atoms with Crippen LogP contribution in [0.1, 0.15) is 80.1 Å². The van der Waals surface area contributed by atoms with Gasteiger partial charge in [0, 0.05) is 0 Å². The van der Waals surface area contributed by atoms with Gasteiger partial charge in [-0.15, -0.1) is 0 Å². The molecule has 5 heteroatoms. The Morgan fingerprint density at radius 2 is 1.52 bits per heavy atom. The Morgan fingerprint density at radius 3 is 1.92 bits per heavy atom. The summed E-state index contributed by atoms with van der Waals surface area (Å²) in [4.78, 5) is 17.1. The zero-order valence-electron chi connectivity index (χ0n) is 17.2. The van der Waals surface area contributed by atoms with Crippen LogP contribution in [0.15, 0.2) is 12.5 Å². The van der Waals surface area contributed by atoms with E-state index >= 15 is 0 Å². The molecular weight excluding hydrogens is 419 g/mol. The number of rotatable bonds is 10. The predicted octanol–water partition coefficient (Wildman–Crippen LogP) is 5.72. The summed E-state index contributed by atoms with van der Waals surface area (Å²) in [6, 6.07) is 0. The standard InChI is InChI=1S/C8H11N2O2.3C4H9.Sn/c1-8(2,3)12-7(11)10-5-4-9-6-10;3*1-3-4-2;/h5-6H,1-3H3;3*1,3-4H2,2H3;. The Balaban J connectivity index is 3.09. The van der Waals surface area contributed by atoms with Crippen molar-refractivity contribution in [2.75, 3.05) is 0 Å². The third-order valence-electron chi connectivity index (χ3n) is 4.76. The molecule has 0 bridgehead atoms. The van der Waals surface area contributed by atoms with Crippen molar-refractivity contribution in [3.05, 3.63) is 12.5 Å². The van der Waals surface area contributed by atoms with Crippen molar-refractivity contribution in [1.29, 1.82) is 0 Å². The summed E-state index contributed by atoms with van der Waals surface area (Å²) >= 11 is -2.55.